The van der Waals surface area contributed by atoms with E-state index in [4.69, 9.17) is 9.84 Å². The lowest BCUT2D eigenvalue weighted by atomic mass is 10.1. The quantitative estimate of drug-likeness (QED) is 0.574. The van der Waals surface area contributed by atoms with Gasteiger partial charge in [-0.3, -0.25) is 0 Å². The van der Waals surface area contributed by atoms with E-state index in [1.54, 1.807) is 6.08 Å². The van der Waals surface area contributed by atoms with E-state index in [0.717, 1.165) is 23.0 Å². The lowest BCUT2D eigenvalue weighted by molar-refractivity contribution is -0.131. The number of hydrogen-bond donors (Lipinski definition) is 2. The molecule has 1 rings (SSSR count). The Morgan fingerprint density at radius 2 is 2.28 bits per heavy atom. The maximum Gasteiger partial charge on any atom is 0.328 e. The van der Waals surface area contributed by atoms with Crippen LogP contribution in [0, 0.1) is 6.92 Å². The molecule has 4 heteroatoms. The van der Waals surface area contributed by atoms with Crippen LogP contribution < -0.4 is 10.1 Å². The van der Waals surface area contributed by atoms with E-state index in [9.17, 15) is 4.79 Å². The van der Waals surface area contributed by atoms with Gasteiger partial charge in [-0.1, -0.05) is 18.2 Å². The van der Waals surface area contributed by atoms with Gasteiger partial charge in [0.1, 0.15) is 5.75 Å². The van der Waals surface area contributed by atoms with Crippen molar-refractivity contribution >= 4 is 5.97 Å². The van der Waals surface area contributed by atoms with Gasteiger partial charge in [0.2, 0.25) is 0 Å². The fourth-order valence-corrected chi connectivity index (χ4v) is 1.60. The molecule has 0 heterocycles. The summed E-state index contributed by atoms with van der Waals surface area (Å²) in [6.45, 7) is 5.89. The molecule has 0 bridgehead atoms. The van der Waals surface area contributed by atoms with Gasteiger partial charge in [0, 0.05) is 19.2 Å². The zero-order valence-electron chi connectivity index (χ0n) is 10.8. The Balaban J connectivity index is 2.43. The first-order chi connectivity index (χ1) is 8.63. The van der Waals surface area contributed by atoms with Crippen LogP contribution in [0.1, 0.15) is 18.1 Å². The minimum Gasteiger partial charge on any atom is -0.494 e. The number of carboxylic acid groups (broad SMARTS) is 1. The number of ether oxygens (including phenoxy) is 1. The number of hydrogen-bond acceptors (Lipinski definition) is 3. The van der Waals surface area contributed by atoms with E-state index in [-0.39, 0.29) is 0 Å². The highest BCUT2D eigenvalue weighted by molar-refractivity contribution is 5.79. The van der Waals surface area contributed by atoms with Crippen LogP contribution in [0.5, 0.6) is 5.75 Å². The lowest BCUT2D eigenvalue weighted by Crippen LogP contribution is -2.13. The molecule has 0 aliphatic carbocycles. The second kappa shape index (κ2) is 7.50. The van der Waals surface area contributed by atoms with Crippen LogP contribution >= 0.6 is 0 Å². The summed E-state index contributed by atoms with van der Waals surface area (Å²) in [5.41, 5.74) is 2.26. The number of rotatable bonds is 7. The third-order valence-corrected chi connectivity index (χ3v) is 2.39. The standard InChI is InChI=1S/C14H19NO3/c1-3-18-13-7-6-12(9-11(13)2)10-15-8-4-5-14(16)17/h4-7,9,15H,3,8,10H2,1-2H3,(H,16,17)/b5-4+. The number of carboxylic acids is 1. The highest BCUT2D eigenvalue weighted by Gasteiger charge is 2.00. The van der Waals surface area contributed by atoms with E-state index < -0.39 is 5.97 Å². The fourth-order valence-electron chi connectivity index (χ4n) is 1.60. The molecule has 0 saturated heterocycles. The van der Waals surface area contributed by atoms with E-state index in [1.165, 1.54) is 0 Å². The van der Waals surface area contributed by atoms with Gasteiger partial charge in [0.15, 0.2) is 0 Å². The number of aliphatic carboxylic acids is 1. The summed E-state index contributed by atoms with van der Waals surface area (Å²) in [4.78, 5) is 10.2. The molecule has 0 radical (unpaired) electrons. The van der Waals surface area contributed by atoms with Gasteiger partial charge in [0.05, 0.1) is 6.61 Å². The van der Waals surface area contributed by atoms with Crippen LogP contribution in [-0.4, -0.2) is 24.2 Å². The second-order valence-corrected chi connectivity index (χ2v) is 3.90. The van der Waals surface area contributed by atoms with Crippen LogP contribution in [-0.2, 0) is 11.3 Å². The Morgan fingerprint density at radius 1 is 1.50 bits per heavy atom. The SMILES string of the molecule is CCOc1ccc(CNC/C=C/C(=O)O)cc1C. The summed E-state index contributed by atoms with van der Waals surface area (Å²) >= 11 is 0. The first-order valence-corrected chi connectivity index (χ1v) is 5.96. The zero-order chi connectivity index (χ0) is 13.4. The van der Waals surface area contributed by atoms with Crippen LogP contribution in [0.25, 0.3) is 0 Å². The average molecular weight is 249 g/mol. The predicted octanol–water partition coefficient (Wildman–Crippen LogP) is 2.12. The predicted molar refractivity (Wildman–Crippen MR) is 70.8 cm³/mol. The number of aryl methyl sites for hydroxylation is 1. The van der Waals surface area contributed by atoms with Crippen molar-refractivity contribution in [3.05, 3.63) is 41.5 Å². The lowest BCUT2D eigenvalue weighted by Gasteiger charge is -2.09. The largest absolute Gasteiger partial charge is 0.494 e. The first-order valence-electron chi connectivity index (χ1n) is 5.96. The third kappa shape index (κ3) is 5.01. The van der Waals surface area contributed by atoms with Crippen molar-refractivity contribution < 1.29 is 14.6 Å². The van der Waals surface area contributed by atoms with Gasteiger partial charge in [-0.05, 0) is 31.0 Å². The first kappa shape index (κ1) is 14.3. The molecule has 0 unspecified atom stereocenters. The summed E-state index contributed by atoms with van der Waals surface area (Å²) in [5, 5.41) is 11.6. The van der Waals surface area contributed by atoms with Gasteiger partial charge in [0.25, 0.3) is 0 Å². The van der Waals surface area contributed by atoms with Crippen LogP contribution in [0.3, 0.4) is 0 Å². The molecule has 0 aromatic heterocycles. The Hall–Kier alpha value is -1.81. The summed E-state index contributed by atoms with van der Waals surface area (Å²) in [6.07, 6.45) is 2.72. The van der Waals surface area contributed by atoms with Crippen LogP contribution in [0.2, 0.25) is 0 Å². The van der Waals surface area contributed by atoms with Crippen molar-refractivity contribution in [1.29, 1.82) is 0 Å². The molecule has 0 aliphatic heterocycles. The molecule has 4 nitrogen and oxygen atoms in total. The van der Waals surface area contributed by atoms with Gasteiger partial charge >= 0.3 is 5.97 Å². The molecular weight excluding hydrogens is 230 g/mol. The maximum absolute atomic E-state index is 10.2. The van der Waals surface area contributed by atoms with Gasteiger partial charge < -0.3 is 15.2 Å². The monoisotopic (exact) mass is 249 g/mol. The molecule has 98 valence electrons. The Morgan fingerprint density at radius 3 is 2.89 bits per heavy atom. The minimum atomic E-state index is -0.922. The van der Waals surface area contributed by atoms with E-state index >= 15 is 0 Å². The normalized spacial score (nSPS) is 10.8. The average Bonchev–Trinajstić information content (AvgIpc) is 2.32. The summed E-state index contributed by atoms with van der Waals surface area (Å²) in [5.74, 6) is -0.0132. The summed E-state index contributed by atoms with van der Waals surface area (Å²) < 4.78 is 5.46. The van der Waals surface area contributed by atoms with Crippen molar-refractivity contribution in [1.82, 2.24) is 5.32 Å². The Kier molecular flexibility index (Phi) is 5.94. The van der Waals surface area contributed by atoms with E-state index in [2.05, 4.69) is 11.4 Å². The molecule has 1 aromatic rings. The highest BCUT2D eigenvalue weighted by atomic mass is 16.5. The van der Waals surface area contributed by atoms with E-state index in [0.29, 0.717) is 19.7 Å². The van der Waals surface area contributed by atoms with E-state index in [1.807, 2.05) is 26.0 Å². The molecular formula is C14H19NO3. The minimum absolute atomic E-state index is 0.540. The number of nitrogens with one attached hydrogen (secondary N) is 1. The summed E-state index contributed by atoms with van der Waals surface area (Å²) in [7, 11) is 0. The molecule has 0 aliphatic rings. The zero-order valence-corrected chi connectivity index (χ0v) is 10.8. The molecule has 2 N–H and O–H groups in total. The molecule has 1 aromatic carbocycles. The topological polar surface area (TPSA) is 58.6 Å². The smallest absolute Gasteiger partial charge is 0.328 e. The van der Waals surface area contributed by atoms with Crippen LogP contribution in [0.15, 0.2) is 30.4 Å². The van der Waals surface area contributed by atoms with Crippen molar-refractivity contribution in [3.8, 4) is 5.75 Å². The van der Waals surface area contributed by atoms with Gasteiger partial charge in [-0.25, -0.2) is 4.79 Å². The van der Waals surface area contributed by atoms with Crippen molar-refractivity contribution in [2.75, 3.05) is 13.2 Å². The molecule has 0 fully saturated rings. The maximum atomic E-state index is 10.2. The molecule has 0 amide bonds. The van der Waals surface area contributed by atoms with Gasteiger partial charge in [-0.2, -0.15) is 0 Å². The Bertz CT molecular complexity index is 427. The summed E-state index contributed by atoms with van der Waals surface area (Å²) in [6, 6.07) is 6.04. The molecule has 18 heavy (non-hydrogen) atoms. The van der Waals surface area contributed by atoms with Gasteiger partial charge in [-0.15, -0.1) is 0 Å². The number of benzene rings is 1. The van der Waals surface area contributed by atoms with Crippen molar-refractivity contribution in [2.45, 2.75) is 20.4 Å². The molecule has 0 atom stereocenters. The highest BCUT2D eigenvalue weighted by Crippen LogP contribution is 2.18. The molecule has 0 saturated carbocycles. The Labute approximate surface area is 107 Å². The van der Waals surface area contributed by atoms with Crippen molar-refractivity contribution in [2.24, 2.45) is 0 Å². The number of carbonyl (C=O) groups is 1. The molecule has 0 spiro atoms. The fraction of sp³-hybridized carbons (Fsp3) is 0.357. The third-order valence-electron chi connectivity index (χ3n) is 2.39. The van der Waals surface area contributed by atoms with Crippen LogP contribution in [0.4, 0.5) is 0 Å². The van der Waals surface area contributed by atoms with Crippen molar-refractivity contribution in [3.63, 3.8) is 0 Å². The second-order valence-electron chi connectivity index (χ2n) is 3.90.